The molecule has 4 aliphatic rings. The van der Waals surface area contributed by atoms with E-state index in [1.165, 1.54) is 61.2 Å². The first kappa shape index (κ1) is 43.4. The van der Waals surface area contributed by atoms with Crippen molar-refractivity contribution in [2.75, 3.05) is 4.90 Å². The minimum atomic E-state index is -0.605. The van der Waals surface area contributed by atoms with Gasteiger partial charge in [-0.05, 0) is 151 Å². The summed E-state index contributed by atoms with van der Waals surface area (Å²) < 4.78 is 13.4. The van der Waals surface area contributed by atoms with Crippen molar-refractivity contribution in [3.05, 3.63) is 330 Å². The van der Waals surface area contributed by atoms with Gasteiger partial charge in [0, 0.05) is 39.3 Å². The number of para-hydroxylation sites is 4. The number of hydrogen-bond donors (Lipinski definition) is 0. The van der Waals surface area contributed by atoms with E-state index < -0.39 is 10.8 Å². The molecule has 0 unspecified atom stereocenters. The molecule has 77 heavy (non-hydrogen) atoms. The quantitative estimate of drug-likeness (QED) is 0.166. The van der Waals surface area contributed by atoms with Crippen LogP contribution >= 0.6 is 0 Å². The molecule has 12 aromatic rings. The predicted octanol–water partition coefficient (Wildman–Crippen LogP) is 19.1. The Kier molecular flexibility index (Phi) is 9.47. The Labute approximate surface area is 448 Å². The van der Waals surface area contributed by atoms with Crippen LogP contribution in [-0.4, -0.2) is 0 Å². The lowest BCUT2D eigenvalue weighted by atomic mass is 9.66. The van der Waals surface area contributed by atoms with Crippen LogP contribution in [0.4, 0.5) is 17.1 Å². The third kappa shape index (κ3) is 6.26. The molecule has 0 saturated heterocycles. The fraction of sp³-hybridized carbons (Fsp3) is 0.0270. The van der Waals surface area contributed by atoms with E-state index in [0.717, 1.165) is 79.0 Å². The highest BCUT2D eigenvalue weighted by Gasteiger charge is 2.52. The van der Waals surface area contributed by atoms with Gasteiger partial charge in [0.15, 0.2) is 0 Å². The van der Waals surface area contributed by atoms with E-state index in [2.05, 4.69) is 290 Å². The van der Waals surface area contributed by atoms with E-state index in [1.54, 1.807) is 0 Å². The molecule has 2 aliphatic heterocycles. The number of rotatable bonds is 6. The van der Waals surface area contributed by atoms with E-state index in [4.69, 9.17) is 9.47 Å². The lowest BCUT2D eigenvalue weighted by Crippen LogP contribution is -2.32. The van der Waals surface area contributed by atoms with E-state index in [1.807, 2.05) is 0 Å². The van der Waals surface area contributed by atoms with Gasteiger partial charge in [0.25, 0.3) is 0 Å². The van der Waals surface area contributed by atoms with Crippen molar-refractivity contribution in [3.63, 3.8) is 0 Å². The van der Waals surface area contributed by atoms with Crippen LogP contribution in [0.5, 0.6) is 23.0 Å². The third-order valence-electron chi connectivity index (χ3n) is 16.8. The highest BCUT2D eigenvalue weighted by atomic mass is 16.5. The second kappa shape index (κ2) is 16.8. The summed E-state index contributed by atoms with van der Waals surface area (Å²) in [4.78, 5) is 2.42. The van der Waals surface area contributed by atoms with Gasteiger partial charge in [-0.1, -0.05) is 212 Å². The molecule has 3 nitrogen and oxygen atoms in total. The van der Waals surface area contributed by atoms with Gasteiger partial charge in [0.2, 0.25) is 0 Å². The average molecular weight is 982 g/mol. The average Bonchev–Trinajstić information content (AvgIpc) is 3.97. The second-order valence-corrected chi connectivity index (χ2v) is 20.6. The summed E-state index contributed by atoms with van der Waals surface area (Å²) in [5, 5.41) is 0. The molecular formula is C74H47NO2. The molecule has 2 heterocycles. The molecule has 0 atom stereocenters. The van der Waals surface area contributed by atoms with Crippen molar-refractivity contribution in [3.8, 4) is 78.6 Å². The minimum Gasteiger partial charge on any atom is -0.457 e. The fourth-order valence-corrected chi connectivity index (χ4v) is 13.6. The molecule has 2 aliphatic carbocycles. The summed E-state index contributed by atoms with van der Waals surface area (Å²) in [6.45, 7) is 0. The minimum absolute atomic E-state index is 0.546. The SMILES string of the molecule is c1ccc(-c2cccc(-c3ccc(N(c4ccc(-c5ccc6c(c5)C5(c7ccccc7Oc7ccccc75)c5ccccc5-6)cc4)c4ccc5c(c4)C4(c6ccccc6Oc6ccccc64)c4ccccc4-5)cc3)c2)cc1. The summed E-state index contributed by atoms with van der Waals surface area (Å²) in [5.41, 5.74) is 23.7. The van der Waals surface area contributed by atoms with Gasteiger partial charge in [0.05, 0.1) is 10.8 Å². The molecule has 0 radical (unpaired) electrons. The molecule has 0 bridgehead atoms. The van der Waals surface area contributed by atoms with Crippen molar-refractivity contribution >= 4 is 17.1 Å². The lowest BCUT2D eigenvalue weighted by molar-refractivity contribution is 0.436. The molecule has 12 aromatic carbocycles. The first-order chi connectivity index (χ1) is 38.2. The van der Waals surface area contributed by atoms with Crippen molar-refractivity contribution in [1.29, 1.82) is 0 Å². The van der Waals surface area contributed by atoms with Gasteiger partial charge in [-0.2, -0.15) is 0 Å². The Bertz CT molecular complexity index is 4250. The van der Waals surface area contributed by atoms with Gasteiger partial charge in [-0.25, -0.2) is 0 Å². The van der Waals surface area contributed by atoms with Crippen LogP contribution in [0.2, 0.25) is 0 Å². The van der Waals surface area contributed by atoms with Gasteiger partial charge in [-0.15, -0.1) is 0 Å². The monoisotopic (exact) mass is 981 g/mol. The highest BCUT2D eigenvalue weighted by Crippen LogP contribution is 2.64. The van der Waals surface area contributed by atoms with Gasteiger partial charge in [-0.3, -0.25) is 0 Å². The first-order valence-electron chi connectivity index (χ1n) is 26.6. The van der Waals surface area contributed by atoms with E-state index in [-0.39, 0.29) is 0 Å². The normalized spacial score (nSPS) is 13.9. The third-order valence-corrected chi connectivity index (χ3v) is 16.8. The topological polar surface area (TPSA) is 21.7 Å². The molecule has 0 saturated carbocycles. The predicted molar refractivity (Wildman–Crippen MR) is 312 cm³/mol. The van der Waals surface area contributed by atoms with Crippen molar-refractivity contribution in [2.24, 2.45) is 0 Å². The van der Waals surface area contributed by atoms with Crippen LogP contribution in [-0.2, 0) is 10.8 Å². The van der Waals surface area contributed by atoms with Crippen LogP contribution in [0.3, 0.4) is 0 Å². The van der Waals surface area contributed by atoms with Gasteiger partial charge >= 0.3 is 0 Å². The Balaban J connectivity index is 0.857. The summed E-state index contributed by atoms with van der Waals surface area (Å²) in [7, 11) is 0. The fourth-order valence-electron chi connectivity index (χ4n) is 13.6. The molecule has 3 heteroatoms. The van der Waals surface area contributed by atoms with Gasteiger partial charge < -0.3 is 14.4 Å². The van der Waals surface area contributed by atoms with Crippen molar-refractivity contribution in [2.45, 2.75) is 10.8 Å². The Morgan fingerprint density at radius 2 is 0.532 bits per heavy atom. The van der Waals surface area contributed by atoms with E-state index in [0.29, 0.717) is 0 Å². The molecule has 0 amide bonds. The Morgan fingerprint density at radius 3 is 1.01 bits per heavy atom. The number of nitrogens with zero attached hydrogens (tertiary/aromatic N) is 1. The molecule has 0 fully saturated rings. The largest absolute Gasteiger partial charge is 0.457 e. The van der Waals surface area contributed by atoms with Gasteiger partial charge in [0.1, 0.15) is 23.0 Å². The Morgan fingerprint density at radius 1 is 0.208 bits per heavy atom. The number of hydrogen-bond acceptors (Lipinski definition) is 3. The van der Waals surface area contributed by atoms with Crippen LogP contribution in [0.1, 0.15) is 44.5 Å². The number of anilines is 3. The van der Waals surface area contributed by atoms with E-state index >= 15 is 0 Å². The molecule has 360 valence electrons. The van der Waals surface area contributed by atoms with Crippen LogP contribution in [0, 0.1) is 0 Å². The first-order valence-corrected chi connectivity index (χ1v) is 26.6. The maximum absolute atomic E-state index is 6.73. The highest BCUT2D eigenvalue weighted by molar-refractivity contribution is 5.93. The molecule has 0 aromatic heterocycles. The maximum atomic E-state index is 6.73. The smallest absolute Gasteiger partial charge is 0.132 e. The van der Waals surface area contributed by atoms with E-state index in [9.17, 15) is 0 Å². The van der Waals surface area contributed by atoms with Crippen molar-refractivity contribution in [1.82, 2.24) is 0 Å². The lowest BCUT2D eigenvalue weighted by Gasteiger charge is -2.39. The summed E-state index contributed by atoms with van der Waals surface area (Å²) >= 11 is 0. The molecule has 0 N–H and O–H groups in total. The zero-order valence-electron chi connectivity index (χ0n) is 41.9. The van der Waals surface area contributed by atoms with Crippen LogP contribution in [0.15, 0.2) is 285 Å². The molecular weight excluding hydrogens is 935 g/mol. The summed E-state index contributed by atoms with van der Waals surface area (Å²) in [6.07, 6.45) is 0. The van der Waals surface area contributed by atoms with Crippen molar-refractivity contribution < 1.29 is 9.47 Å². The standard InChI is InChI=1S/C74H47NO2/c1-2-17-48(18-3-1)51-19-16-20-52(45-51)49-33-38-54(39-34-49)75(56-42-44-60-58-22-5-7-24-62(58)74(68(60)47-56)65-27-10-14-31-71(65)77-72-32-15-11-28-66(72)74)55-40-35-50(36-41-55)53-37-43-59-57-21-4-6-23-61(57)73(67(59)46-53)63-25-8-12-29-69(63)76-70-30-13-9-26-64(70)73/h1-47H. The summed E-state index contributed by atoms with van der Waals surface area (Å²) in [6, 6.07) is 104. The second-order valence-electron chi connectivity index (χ2n) is 20.6. The zero-order chi connectivity index (χ0) is 50.7. The Hall–Kier alpha value is -9.96. The number of fused-ring (bicyclic) bond motifs is 18. The zero-order valence-corrected chi connectivity index (χ0v) is 41.9. The molecule has 16 rings (SSSR count). The van der Waals surface area contributed by atoms with Crippen LogP contribution in [0.25, 0.3) is 55.6 Å². The maximum Gasteiger partial charge on any atom is 0.132 e. The summed E-state index contributed by atoms with van der Waals surface area (Å²) in [5.74, 6) is 3.54. The van der Waals surface area contributed by atoms with Crippen LogP contribution < -0.4 is 14.4 Å². The number of ether oxygens (including phenoxy) is 2. The molecule has 2 spiro atoms. The number of benzene rings is 12.